The third-order valence-corrected chi connectivity index (χ3v) is 4.34. The average Bonchev–Trinajstić information content (AvgIpc) is 2.71. The summed E-state index contributed by atoms with van der Waals surface area (Å²) in [6.07, 6.45) is 7.53. The monoisotopic (exact) mass is 241 g/mol. The molecule has 2 rings (SSSR count). The zero-order chi connectivity index (χ0) is 10.5. The fourth-order valence-corrected chi connectivity index (χ4v) is 3.45. The summed E-state index contributed by atoms with van der Waals surface area (Å²) in [5.74, 6) is 3.34. The minimum absolute atomic E-state index is 0.606. The number of hydrogen-bond acceptors (Lipinski definition) is 2. The van der Waals surface area contributed by atoms with Crippen molar-refractivity contribution in [2.45, 2.75) is 31.4 Å². The van der Waals surface area contributed by atoms with E-state index in [-0.39, 0.29) is 0 Å². The maximum absolute atomic E-state index is 5.83. The molecule has 0 bridgehead atoms. The van der Waals surface area contributed by atoms with Crippen molar-refractivity contribution in [1.82, 2.24) is 4.98 Å². The normalized spacial score (nSPS) is 17.1. The topological polar surface area (TPSA) is 12.9 Å². The Morgan fingerprint density at radius 2 is 2.20 bits per heavy atom. The Labute approximate surface area is 101 Å². The van der Waals surface area contributed by atoms with Gasteiger partial charge in [0.05, 0.1) is 0 Å². The van der Waals surface area contributed by atoms with Crippen LogP contribution >= 0.6 is 23.4 Å². The summed E-state index contributed by atoms with van der Waals surface area (Å²) in [4.78, 5) is 3.98. The fourth-order valence-electron chi connectivity index (χ4n) is 2.05. The zero-order valence-corrected chi connectivity index (χ0v) is 10.4. The quantitative estimate of drug-likeness (QED) is 0.735. The predicted molar refractivity (Wildman–Crippen MR) is 67.4 cm³/mol. The molecule has 0 N–H and O–H groups in total. The molecule has 15 heavy (non-hydrogen) atoms. The van der Waals surface area contributed by atoms with E-state index in [1.807, 2.05) is 23.9 Å². The number of halogens is 1. The van der Waals surface area contributed by atoms with Gasteiger partial charge in [-0.05, 0) is 42.2 Å². The minimum atomic E-state index is 0.606. The Balaban J connectivity index is 1.73. The van der Waals surface area contributed by atoms with E-state index in [1.165, 1.54) is 37.0 Å². The van der Waals surface area contributed by atoms with Crippen LogP contribution in [0.1, 0.15) is 31.2 Å². The highest BCUT2D eigenvalue weighted by Crippen LogP contribution is 2.29. The lowest BCUT2D eigenvalue weighted by Crippen LogP contribution is -1.97. The molecule has 0 aliphatic heterocycles. The zero-order valence-electron chi connectivity index (χ0n) is 8.79. The minimum Gasteiger partial charge on any atom is -0.245 e. The van der Waals surface area contributed by atoms with E-state index in [0.29, 0.717) is 5.15 Å². The molecule has 0 saturated heterocycles. The van der Waals surface area contributed by atoms with Crippen molar-refractivity contribution < 1.29 is 0 Å². The van der Waals surface area contributed by atoms with Crippen molar-refractivity contribution in [3.63, 3.8) is 0 Å². The highest BCUT2D eigenvalue weighted by molar-refractivity contribution is 7.98. The summed E-state index contributed by atoms with van der Waals surface area (Å²) in [6, 6.07) is 4.01. The van der Waals surface area contributed by atoms with Gasteiger partial charge in [-0.1, -0.05) is 24.4 Å². The van der Waals surface area contributed by atoms with Crippen LogP contribution in [0.15, 0.2) is 18.3 Å². The summed E-state index contributed by atoms with van der Waals surface area (Å²) < 4.78 is 0. The van der Waals surface area contributed by atoms with Gasteiger partial charge >= 0.3 is 0 Å². The van der Waals surface area contributed by atoms with E-state index in [9.17, 15) is 0 Å². The lowest BCUT2D eigenvalue weighted by Gasteiger charge is -2.07. The summed E-state index contributed by atoms with van der Waals surface area (Å²) in [6.45, 7) is 0. The van der Waals surface area contributed by atoms with Gasteiger partial charge in [0, 0.05) is 11.9 Å². The maximum Gasteiger partial charge on any atom is 0.129 e. The highest BCUT2D eigenvalue weighted by atomic mass is 35.5. The molecule has 1 aliphatic carbocycles. The average molecular weight is 242 g/mol. The molecular weight excluding hydrogens is 226 g/mol. The molecule has 1 heterocycles. The Morgan fingerprint density at radius 1 is 1.40 bits per heavy atom. The van der Waals surface area contributed by atoms with E-state index in [4.69, 9.17) is 11.6 Å². The standard InChI is InChI=1S/C12H16ClNS/c13-12-7-11(5-6-14-12)9-15-8-10-3-1-2-4-10/h5-7,10H,1-4,8-9H2. The summed E-state index contributed by atoms with van der Waals surface area (Å²) >= 11 is 7.86. The van der Waals surface area contributed by atoms with Crippen molar-refractivity contribution in [2.75, 3.05) is 5.75 Å². The molecular formula is C12H16ClNS. The van der Waals surface area contributed by atoms with Crippen molar-refractivity contribution in [3.05, 3.63) is 29.0 Å². The van der Waals surface area contributed by atoms with Crippen LogP contribution in [-0.4, -0.2) is 10.7 Å². The summed E-state index contributed by atoms with van der Waals surface area (Å²) in [7, 11) is 0. The molecule has 1 saturated carbocycles. The van der Waals surface area contributed by atoms with Crippen molar-refractivity contribution in [1.29, 1.82) is 0 Å². The van der Waals surface area contributed by atoms with Crippen LogP contribution in [0.2, 0.25) is 5.15 Å². The first-order valence-corrected chi connectivity index (χ1v) is 7.06. The number of pyridine rings is 1. The molecule has 3 heteroatoms. The van der Waals surface area contributed by atoms with Gasteiger partial charge in [0.15, 0.2) is 0 Å². The van der Waals surface area contributed by atoms with Gasteiger partial charge in [-0.3, -0.25) is 0 Å². The molecule has 0 aromatic carbocycles. The van der Waals surface area contributed by atoms with Gasteiger partial charge in [0.25, 0.3) is 0 Å². The first-order valence-electron chi connectivity index (χ1n) is 5.53. The molecule has 1 aromatic heterocycles. The van der Waals surface area contributed by atoms with E-state index in [0.717, 1.165) is 11.7 Å². The third-order valence-electron chi connectivity index (χ3n) is 2.89. The van der Waals surface area contributed by atoms with Crippen LogP contribution in [-0.2, 0) is 5.75 Å². The molecule has 0 atom stereocenters. The van der Waals surface area contributed by atoms with Crippen molar-refractivity contribution >= 4 is 23.4 Å². The van der Waals surface area contributed by atoms with Crippen LogP contribution in [0, 0.1) is 5.92 Å². The number of hydrogen-bond donors (Lipinski definition) is 0. The molecule has 82 valence electrons. The van der Waals surface area contributed by atoms with Gasteiger partial charge in [-0.25, -0.2) is 4.98 Å². The predicted octanol–water partition coefficient (Wildman–Crippen LogP) is 4.16. The molecule has 0 amide bonds. The van der Waals surface area contributed by atoms with E-state index >= 15 is 0 Å². The Bertz CT molecular complexity index is 310. The van der Waals surface area contributed by atoms with Crippen molar-refractivity contribution in [3.8, 4) is 0 Å². The first kappa shape index (κ1) is 11.3. The Hall–Kier alpha value is -0.210. The van der Waals surface area contributed by atoms with Crippen LogP contribution in [0.3, 0.4) is 0 Å². The SMILES string of the molecule is Clc1cc(CSCC2CCCC2)ccn1. The van der Waals surface area contributed by atoms with Gasteiger partial charge in [-0.2, -0.15) is 11.8 Å². The number of nitrogens with zero attached hydrogens (tertiary/aromatic N) is 1. The first-order chi connectivity index (χ1) is 7.34. The smallest absolute Gasteiger partial charge is 0.129 e. The van der Waals surface area contributed by atoms with E-state index in [1.54, 1.807) is 6.20 Å². The summed E-state index contributed by atoms with van der Waals surface area (Å²) in [5, 5.41) is 0.606. The van der Waals surface area contributed by atoms with Crippen LogP contribution in [0.5, 0.6) is 0 Å². The van der Waals surface area contributed by atoms with Crippen LogP contribution in [0.4, 0.5) is 0 Å². The Morgan fingerprint density at radius 3 is 2.93 bits per heavy atom. The van der Waals surface area contributed by atoms with Crippen LogP contribution in [0.25, 0.3) is 0 Å². The molecule has 1 fully saturated rings. The molecule has 1 aliphatic rings. The van der Waals surface area contributed by atoms with E-state index in [2.05, 4.69) is 4.98 Å². The molecule has 1 nitrogen and oxygen atoms in total. The van der Waals surface area contributed by atoms with Gasteiger partial charge in [0.2, 0.25) is 0 Å². The van der Waals surface area contributed by atoms with E-state index < -0.39 is 0 Å². The summed E-state index contributed by atoms with van der Waals surface area (Å²) in [5.41, 5.74) is 1.29. The largest absolute Gasteiger partial charge is 0.245 e. The third kappa shape index (κ3) is 3.69. The molecule has 0 spiro atoms. The second-order valence-electron chi connectivity index (χ2n) is 4.15. The van der Waals surface area contributed by atoms with Gasteiger partial charge in [-0.15, -0.1) is 0 Å². The molecule has 0 unspecified atom stereocenters. The number of thioether (sulfide) groups is 1. The number of rotatable bonds is 4. The lowest BCUT2D eigenvalue weighted by molar-refractivity contribution is 0.623. The van der Waals surface area contributed by atoms with Gasteiger partial charge < -0.3 is 0 Å². The van der Waals surface area contributed by atoms with Gasteiger partial charge in [0.1, 0.15) is 5.15 Å². The van der Waals surface area contributed by atoms with Crippen LogP contribution < -0.4 is 0 Å². The molecule has 1 aromatic rings. The number of aromatic nitrogens is 1. The highest BCUT2D eigenvalue weighted by Gasteiger charge is 2.14. The maximum atomic E-state index is 5.83. The second kappa shape index (κ2) is 5.76. The Kier molecular flexibility index (Phi) is 4.33. The van der Waals surface area contributed by atoms with Crippen molar-refractivity contribution in [2.24, 2.45) is 5.92 Å². The fraction of sp³-hybridized carbons (Fsp3) is 0.583. The molecule has 0 radical (unpaired) electrons. The lowest BCUT2D eigenvalue weighted by atomic mass is 10.1. The second-order valence-corrected chi connectivity index (χ2v) is 5.57.